The molecular formula is C9H11NO3. The lowest BCUT2D eigenvalue weighted by Gasteiger charge is -2.06. The number of rotatable bonds is 3. The second kappa shape index (κ2) is 3.89. The molecule has 0 aromatic carbocycles. The van der Waals surface area contributed by atoms with Crippen LogP contribution in [0.15, 0.2) is 12.4 Å². The molecule has 0 atom stereocenters. The van der Waals surface area contributed by atoms with E-state index in [-0.39, 0.29) is 6.42 Å². The van der Waals surface area contributed by atoms with Crippen LogP contribution in [0.2, 0.25) is 0 Å². The first-order valence-electron chi connectivity index (χ1n) is 3.84. The number of carboxylic acid groups (broad SMARTS) is 1. The number of nitrogens with zero attached hydrogens (tertiary/aromatic N) is 1. The molecule has 0 bridgehead atoms. The van der Waals surface area contributed by atoms with Gasteiger partial charge in [0.2, 0.25) is 0 Å². The molecule has 1 aromatic heterocycles. The molecule has 4 heteroatoms. The van der Waals surface area contributed by atoms with Crippen LogP contribution in [0.1, 0.15) is 11.1 Å². The molecular weight excluding hydrogens is 170 g/mol. The van der Waals surface area contributed by atoms with Crippen LogP contribution in [0.3, 0.4) is 0 Å². The molecule has 1 heterocycles. The molecule has 0 saturated carbocycles. The molecule has 0 unspecified atom stereocenters. The minimum Gasteiger partial charge on any atom is -0.495 e. The summed E-state index contributed by atoms with van der Waals surface area (Å²) in [5, 5.41) is 8.59. The summed E-state index contributed by atoms with van der Waals surface area (Å²) >= 11 is 0. The summed E-state index contributed by atoms with van der Waals surface area (Å²) in [5.41, 5.74) is 1.52. The van der Waals surface area contributed by atoms with Crippen molar-refractivity contribution >= 4 is 5.97 Å². The maximum atomic E-state index is 10.5. The van der Waals surface area contributed by atoms with Crippen LogP contribution in [0.5, 0.6) is 5.75 Å². The minimum absolute atomic E-state index is 0.0178. The van der Waals surface area contributed by atoms with Crippen LogP contribution in [0.4, 0.5) is 0 Å². The molecule has 1 rings (SSSR count). The van der Waals surface area contributed by atoms with Gasteiger partial charge in [-0.05, 0) is 18.1 Å². The highest BCUT2D eigenvalue weighted by atomic mass is 16.5. The minimum atomic E-state index is -0.863. The molecule has 0 fully saturated rings. The molecule has 0 aliphatic carbocycles. The third-order valence-corrected chi connectivity index (χ3v) is 1.84. The number of pyridine rings is 1. The van der Waals surface area contributed by atoms with Crippen molar-refractivity contribution in [1.29, 1.82) is 0 Å². The molecule has 0 aliphatic heterocycles. The van der Waals surface area contributed by atoms with E-state index in [0.717, 1.165) is 5.56 Å². The van der Waals surface area contributed by atoms with E-state index in [4.69, 9.17) is 9.84 Å². The third-order valence-electron chi connectivity index (χ3n) is 1.84. The van der Waals surface area contributed by atoms with Crippen LogP contribution in [0, 0.1) is 6.92 Å². The van der Waals surface area contributed by atoms with Crippen LogP contribution < -0.4 is 4.74 Å². The number of aromatic nitrogens is 1. The Balaban J connectivity index is 3.01. The summed E-state index contributed by atoms with van der Waals surface area (Å²) in [7, 11) is 1.54. The highest BCUT2D eigenvalue weighted by Crippen LogP contribution is 2.19. The predicted molar refractivity (Wildman–Crippen MR) is 46.9 cm³/mol. The highest BCUT2D eigenvalue weighted by molar-refractivity contribution is 5.70. The van der Waals surface area contributed by atoms with E-state index in [1.807, 2.05) is 6.92 Å². The second-order valence-corrected chi connectivity index (χ2v) is 2.70. The molecule has 0 spiro atoms. The number of carbonyl (C=O) groups is 1. The van der Waals surface area contributed by atoms with Gasteiger partial charge in [-0.15, -0.1) is 0 Å². The van der Waals surface area contributed by atoms with Gasteiger partial charge in [0.1, 0.15) is 5.75 Å². The van der Waals surface area contributed by atoms with E-state index in [2.05, 4.69) is 4.98 Å². The first kappa shape index (κ1) is 9.51. The Hall–Kier alpha value is -1.58. The van der Waals surface area contributed by atoms with Crippen LogP contribution in [0.25, 0.3) is 0 Å². The van der Waals surface area contributed by atoms with Gasteiger partial charge >= 0.3 is 5.97 Å². The van der Waals surface area contributed by atoms with Crippen LogP contribution in [-0.4, -0.2) is 23.2 Å². The molecule has 1 N–H and O–H groups in total. The van der Waals surface area contributed by atoms with E-state index >= 15 is 0 Å². The monoisotopic (exact) mass is 181 g/mol. The first-order chi connectivity index (χ1) is 6.15. The normalized spacial score (nSPS) is 9.69. The first-order valence-corrected chi connectivity index (χ1v) is 3.84. The topological polar surface area (TPSA) is 59.4 Å². The van der Waals surface area contributed by atoms with E-state index in [1.54, 1.807) is 12.4 Å². The number of hydrogen-bond donors (Lipinski definition) is 1. The summed E-state index contributed by atoms with van der Waals surface area (Å²) in [6.07, 6.45) is 3.10. The number of carboxylic acids is 1. The highest BCUT2D eigenvalue weighted by Gasteiger charge is 2.07. The number of ether oxygens (including phenoxy) is 1. The fourth-order valence-electron chi connectivity index (χ4n) is 1.09. The summed E-state index contributed by atoms with van der Waals surface area (Å²) in [4.78, 5) is 14.3. The lowest BCUT2D eigenvalue weighted by atomic mass is 10.1. The molecule has 0 saturated heterocycles. The Kier molecular flexibility index (Phi) is 2.84. The van der Waals surface area contributed by atoms with Crippen molar-refractivity contribution in [1.82, 2.24) is 4.98 Å². The molecule has 1 aromatic rings. The third kappa shape index (κ3) is 2.18. The number of aliphatic carboxylic acids is 1. The number of hydrogen-bond acceptors (Lipinski definition) is 3. The molecule has 0 amide bonds. The van der Waals surface area contributed by atoms with Crippen molar-refractivity contribution in [2.45, 2.75) is 13.3 Å². The van der Waals surface area contributed by atoms with Gasteiger partial charge in [0.15, 0.2) is 0 Å². The Morgan fingerprint density at radius 2 is 2.31 bits per heavy atom. The lowest BCUT2D eigenvalue weighted by molar-refractivity contribution is -0.136. The summed E-state index contributed by atoms with van der Waals surface area (Å²) < 4.78 is 5.01. The van der Waals surface area contributed by atoms with Gasteiger partial charge in [-0.1, -0.05) is 0 Å². The van der Waals surface area contributed by atoms with E-state index in [0.29, 0.717) is 11.3 Å². The van der Waals surface area contributed by atoms with Crippen LogP contribution >= 0.6 is 0 Å². The quantitative estimate of drug-likeness (QED) is 0.756. The smallest absolute Gasteiger partial charge is 0.307 e. The van der Waals surface area contributed by atoms with Crippen molar-refractivity contribution < 1.29 is 14.6 Å². The predicted octanol–water partition coefficient (Wildman–Crippen LogP) is 1.03. The SMILES string of the molecule is COc1cncc(CC(=O)O)c1C. The van der Waals surface area contributed by atoms with Crippen molar-refractivity contribution in [3.8, 4) is 5.75 Å². The zero-order valence-electron chi connectivity index (χ0n) is 7.57. The van der Waals surface area contributed by atoms with Gasteiger partial charge < -0.3 is 9.84 Å². The zero-order valence-corrected chi connectivity index (χ0v) is 7.57. The summed E-state index contributed by atoms with van der Waals surface area (Å²) in [5.74, 6) is -0.239. The zero-order chi connectivity index (χ0) is 9.84. The van der Waals surface area contributed by atoms with Gasteiger partial charge in [0, 0.05) is 6.20 Å². The Morgan fingerprint density at radius 3 is 2.85 bits per heavy atom. The van der Waals surface area contributed by atoms with Gasteiger partial charge in [0.05, 0.1) is 19.7 Å². The van der Waals surface area contributed by atoms with Crippen molar-refractivity contribution in [2.75, 3.05) is 7.11 Å². The molecule has 0 radical (unpaired) electrons. The van der Waals surface area contributed by atoms with E-state index in [1.165, 1.54) is 7.11 Å². The Labute approximate surface area is 76.2 Å². The fourth-order valence-corrected chi connectivity index (χ4v) is 1.09. The Morgan fingerprint density at radius 1 is 1.62 bits per heavy atom. The van der Waals surface area contributed by atoms with Crippen molar-refractivity contribution in [3.63, 3.8) is 0 Å². The molecule has 0 aliphatic rings. The fraction of sp³-hybridized carbons (Fsp3) is 0.333. The van der Waals surface area contributed by atoms with Crippen molar-refractivity contribution in [3.05, 3.63) is 23.5 Å². The number of methoxy groups -OCH3 is 1. The van der Waals surface area contributed by atoms with Gasteiger partial charge in [-0.2, -0.15) is 0 Å². The van der Waals surface area contributed by atoms with Gasteiger partial charge in [-0.3, -0.25) is 9.78 Å². The lowest BCUT2D eigenvalue weighted by Crippen LogP contribution is -2.03. The molecule has 4 nitrogen and oxygen atoms in total. The molecule has 13 heavy (non-hydrogen) atoms. The average molecular weight is 181 g/mol. The Bertz CT molecular complexity index is 323. The maximum absolute atomic E-state index is 10.5. The molecule has 70 valence electrons. The maximum Gasteiger partial charge on any atom is 0.307 e. The summed E-state index contributed by atoms with van der Waals surface area (Å²) in [6.45, 7) is 1.82. The van der Waals surface area contributed by atoms with Crippen molar-refractivity contribution in [2.24, 2.45) is 0 Å². The van der Waals surface area contributed by atoms with E-state index < -0.39 is 5.97 Å². The summed E-state index contributed by atoms with van der Waals surface area (Å²) in [6, 6.07) is 0. The largest absolute Gasteiger partial charge is 0.495 e. The van der Waals surface area contributed by atoms with Crippen LogP contribution in [-0.2, 0) is 11.2 Å². The van der Waals surface area contributed by atoms with E-state index in [9.17, 15) is 4.79 Å². The standard InChI is InChI=1S/C9H11NO3/c1-6-7(3-9(11)12)4-10-5-8(6)13-2/h4-5H,3H2,1-2H3,(H,11,12). The van der Waals surface area contributed by atoms with Gasteiger partial charge in [-0.25, -0.2) is 0 Å². The average Bonchev–Trinajstić information content (AvgIpc) is 2.08. The second-order valence-electron chi connectivity index (χ2n) is 2.70. The van der Waals surface area contributed by atoms with Gasteiger partial charge in [0.25, 0.3) is 0 Å².